The van der Waals surface area contributed by atoms with Crippen molar-refractivity contribution in [3.05, 3.63) is 12.2 Å². The number of hydrogen-bond donors (Lipinski definition) is 2. The van der Waals surface area contributed by atoms with Crippen molar-refractivity contribution in [2.75, 3.05) is 6.54 Å². The molecule has 0 aromatic heterocycles. The summed E-state index contributed by atoms with van der Waals surface area (Å²) in [6, 6.07) is 0.109. The van der Waals surface area contributed by atoms with Gasteiger partial charge >= 0.3 is 5.97 Å². The number of nitrogens with zero attached hydrogens (tertiary/aromatic N) is 1. The Morgan fingerprint density at radius 1 is 1.17 bits per heavy atom. The minimum absolute atomic E-state index is 0.109. The highest BCUT2D eigenvalue weighted by molar-refractivity contribution is 5.77. The number of aliphatic hydroxyl groups is 1. The van der Waals surface area contributed by atoms with Gasteiger partial charge in [-0.3, -0.25) is 9.59 Å². The molecule has 5 nitrogen and oxygen atoms in total. The zero-order chi connectivity index (χ0) is 17.8. The van der Waals surface area contributed by atoms with Crippen molar-refractivity contribution >= 4 is 11.9 Å². The van der Waals surface area contributed by atoms with Crippen LogP contribution >= 0.6 is 0 Å². The lowest BCUT2D eigenvalue weighted by Crippen LogP contribution is -2.34. The Hall–Kier alpha value is -1.36. The predicted molar refractivity (Wildman–Crippen MR) is 94.7 cm³/mol. The van der Waals surface area contributed by atoms with Crippen molar-refractivity contribution in [2.24, 2.45) is 0 Å². The van der Waals surface area contributed by atoms with Crippen LogP contribution in [0.25, 0.3) is 0 Å². The maximum Gasteiger partial charge on any atom is 0.303 e. The first kappa shape index (κ1) is 20.7. The van der Waals surface area contributed by atoms with Crippen molar-refractivity contribution in [1.82, 2.24) is 4.90 Å². The van der Waals surface area contributed by atoms with Gasteiger partial charge in [0.1, 0.15) is 0 Å². The first-order chi connectivity index (χ1) is 11.5. The van der Waals surface area contributed by atoms with Gasteiger partial charge in [0.05, 0.1) is 12.1 Å². The third-order valence-corrected chi connectivity index (χ3v) is 4.56. The van der Waals surface area contributed by atoms with E-state index in [-0.39, 0.29) is 18.4 Å². The summed E-state index contributed by atoms with van der Waals surface area (Å²) in [5.41, 5.74) is 0. The summed E-state index contributed by atoms with van der Waals surface area (Å²) in [4.78, 5) is 24.7. The van der Waals surface area contributed by atoms with E-state index in [1.165, 1.54) is 0 Å². The zero-order valence-electron chi connectivity index (χ0n) is 15.0. The average Bonchev–Trinajstić information content (AvgIpc) is 3.01. The Morgan fingerprint density at radius 2 is 1.92 bits per heavy atom. The Kier molecular flexibility index (Phi) is 10.4. The maximum atomic E-state index is 12.3. The van der Waals surface area contributed by atoms with E-state index in [0.717, 1.165) is 57.9 Å². The first-order valence-corrected chi connectivity index (χ1v) is 9.42. The molecule has 0 saturated carbocycles. The first-order valence-electron chi connectivity index (χ1n) is 9.42. The van der Waals surface area contributed by atoms with Gasteiger partial charge in [0, 0.05) is 19.4 Å². The smallest absolute Gasteiger partial charge is 0.303 e. The predicted octanol–water partition coefficient (Wildman–Crippen LogP) is 3.51. The van der Waals surface area contributed by atoms with Crippen LogP contribution in [0.5, 0.6) is 0 Å². The summed E-state index contributed by atoms with van der Waals surface area (Å²) in [7, 11) is 0. The number of carboxylic acids is 1. The molecule has 1 aliphatic heterocycles. The second-order valence-electron chi connectivity index (χ2n) is 6.70. The van der Waals surface area contributed by atoms with Gasteiger partial charge in [-0.25, -0.2) is 0 Å². The summed E-state index contributed by atoms with van der Waals surface area (Å²) in [6.07, 6.45) is 12.3. The molecular weight excluding hydrogens is 306 g/mol. The maximum absolute atomic E-state index is 12.3. The molecule has 1 amide bonds. The van der Waals surface area contributed by atoms with Gasteiger partial charge in [0.15, 0.2) is 0 Å². The lowest BCUT2D eigenvalue weighted by molar-refractivity contribution is -0.137. The minimum Gasteiger partial charge on any atom is -0.481 e. The fourth-order valence-electron chi connectivity index (χ4n) is 3.13. The van der Waals surface area contributed by atoms with E-state index in [4.69, 9.17) is 5.11 Å². The summed E-state index contributed by atoms with van der Waals surface area (Å²) in [5.74, 6) is -0.624. The lowest BCUT2D eigenvalue weighted by Gasteiger charge is -2.22. The molecule has 2 atom stereocenters. The highest BCUT2D eigenvalue weighted by Crippen LogP contribution is 2.21. The number of carboxylic acid groups (broad SMARTS) is 1. The van der Waals surface area contributed by atoms with E-state index in [2.05, 4.69) is 6.92 Å². The van der Waals surface area contributed by atoms with Crippen LogP contribution in [-0.4, -0.2) is 45.7 Å². The van der Waals surface area contributed by atoms with Gasteiger partial charge < -0.3 is 15.1 Å². The van der Waals surface area contributed by atoms with Gasteiger partial charge in [0.2, 0.25) is 5.91 Å². The van der Waals surface area contributed by atoms with Crippen molar-refractivity contribution in [3.8, 4) is 0 Å². The number of hydrogen-bond acceptors (Lipinski definition) is 3. The molecule has 24 heavy (non-hydrogen) atoms. The van der Waals surface area contributed by atoms with Crippen molar-refractivity contribution in [1.29, 1.82) is 0 Å². The molecule has 0 radical (unpaired) electrons. The molecule has 1 fully saturated rings. The molecule has 1 aliphatic rings. The lowest BCUT2D eigenvalue weighted by atomic mass is 10.1. The Morgan fingerprint density at radius 3 is 2.62 bits per heavy atom. The largest absolute Gasteiger partial charge is 0.481 e. The monoisotopic (exact) mass is 339 g/mol. The summed E-state index contributed by atoms with van der Waals surface area (Å²) in [6.45, 7) is 2.93. The van der Waals surface area contributed by atoms with Gasteiger partial charge in [-0.15, -0.1) is 0 Å². The molecule has 0 aliphatic carbocycles. The Bertz CT molecular complexity index is 408. The second-order valence-corrected chi connectivity index (χ2v) is 6.70. The van der Waals surface area contributed by atoms with E-state index in [9.17, 15) is 14.7 Å². The van der Waals surface area contributed by atoms with Crippen LogP contribution in [0.3, 0.4) is 0 Å². The number of aliphatic hydroxyl groups excluding tert-OH is 1. The van der Waals surface area contributed by atoms with Crippen molar-refractivity contribution in [2.45, 2.75) is 89.7 Å². The van der Waals surface area contributed by atoms with Gasteiger partial charge in [-0.1, -0.05) is 44.8 Å². The number of amides is 1. The van der Waals surface area contributed by atoms with E-state index in [0.29, 0.717) is 12.8 Å². The van der Waals surface area contributed by atoms with E-state index in [1.54, 1.807) is 0 Å². The molecule has 0 spiro atoms. The second kappa shape index (κ2) is 12.1. The average molecular weight is 339 g/mol. The van der Waals surface area contributed by atoms with Crippen LogP contribution in [0.4, 0.5) is 0 Å². The van der Waals surface area contributed by atoms with Crippen LogP contribution < -0.4 is 0 Å². The molecule has 2 N–H and O–H groups in total. The van der Waals surface area contributed by atoms with Crippen molar-refractivity contribution in [3.63, 3.8) is 0 Å². The van der Waals surface area contributed by atoms with E-state index >= 15 is 0 Å². The van der Waals surface area contributed by atoms with Gasteiger partial charge in [0.25, 0.3) is 0 Å². The van der Waals surface area contributed by atoms with Crippen LogP contribution in [0.1, 0.15) is 77.6 Å². The topological polar surface area (TPSA) is 77.8 Å². The van der Waals surface area contributed by atoms with Gasteiger partial charge in [-0.05, 0) is 32.1 Å². The van der Waals surface area contributed by atoms with Crippen LogP contribution in [0.2, 0.25) is 0 Å². The third-order valence-electron chi connectivity index (χ3n) is 4.56. The molecule has 0 bridgehead atoms. The zero-order valence-corrected chi connectivity index (χ0v) is 15.0. The summed E-state index contributed by atoms with van der Waals surface area (Å²) < 4.78 is 0. The number of carbonyl (C=O) groups is 2. The molecule has 0 aromatic rings. The number of unbranched alkanes of at least 4 members (excludes halogenated alkanes) is 4. The minimum atomic E-state index is -0.774. The Labute approximate surface area is 145 Å². The summed E-state index contributed by atoms with van der Waals surface area (Å²) >= 11 is 0. The third kappa shape index (κ3) is 8.48. The number of carbonyl (C=O) groups excluding carboxylic acids is 1. The van der Waals surface area contributed by atoms with Gasteiger partial charge in [-0.2, -0.15) is 0 Å². The SMILES string of the molecule is CCCCCC(O)/C=C/[C@@H]1CCCN1C(=O)CCCCCC(=O)O. The molecule has 5 heteroatoms. The van der Waals surface area contributed by atoms with E-state index in [1.807, 2.05) is 17.1 Å². The Balaban J connectivity index is 2.30. The molecule has 1 saturated heterocycles. The number of likely N-dealkylation sites (tertiary alicyclic amines) is 1. The standard InChI is InChI=1S/C19H33NO4/c1-2-3-5-10-17(21)14-13-16-9-8-15-20(16)18(22)11-6-4-7-12-19(23)24/h13-14,16-17,21H,2-12,15H2,1H3,(H,23,24)/b14-13+/t16-,17?/m0/s1. The van der Waals surface area contributed by atoms with Crippen molar-refractivity contribution < 1.29 is 19.8 Å². The normalized spacial score (nSPS) is 19.1. The molecule has 1 unspecified atom stereocenters. The highest BCUT2D eigenvalue weighted by atomic mass is 16.4. The number of aliphatic carboxylic acids is 1. The summed E-state index contributed by atoms with van der Waals surface area (Å²) in [5, 5.41) is 18.6. The number of rotatable bonds is 12. The van der Waals surface area contributed by atoms with E-state index < -0.39 is 12.1 Å². The molecular formula is C19H33NO4. The fourth-order valence-corrected chi connectivity index (χ4v) is 3.13. The fraction of sp³-hybridized carbons (Fsp3) is 0.789. The molecule has 138 valence electrons. The quantitative estimate of drug-likeness (QED) is 0.421. The highest BCUT2D eigenvalue weighted by Gasteiger charge is 2.26. The molecule has 1 rings (SSSR count). The van der Waals surface area contributed by atoms with Crippen LogP contribution in [-0.2, 0) is 9.59 Å². The molecule has 1 heterocycles. The van der Waals surface area contributed by atoms with Crippen LogP contribution in [0.15, 0.2) is 12.2 Å². The van der Waals surface area contributed by atoms with Crippen LogP contribution in [0, 0.1) is 0 Å². The molecule has 0 aromatic carbocycles.